The van der Waals surface area contributed by atoms with E-state index < -0.39 is 0 Å². The van der Waals surface area contributed by atoms with Gasteiger partial charge in [0.15, 0.2) is 0 Å². The topological polar surface area (TPSA) is 39.4 Å². The number of benzene rings is 2. The standard InChI is InChI=1S/C36H50O3/c1-4-7-16-19-29-22-24-33(31(5-2)26-29)35-28-32-23-21-30(27-34(32)39-35)20-17-14-12-10-8-9-11-13-15-18-25-38-36(37)6-3/h6,21-24,26-28H,3-5,7-20,25H2,1-2H3. The summed E-state index contributed by atoms with van der Waals surface area (Å²) in [6, 6.07) is 15.9. The maximum Gasteiger partial charge on any atom is 0.330 e. The molecule has 2 aromatic carbocycles. The second-order valence-corrected chi connectivity index (χ2v) is 10.9. The molecule has 0 aliphatic rings. The molecule has 39 heavy (non-hydrogen) atoms. The summed E-state index contributed by atoms with van der Waals surface area (Å²) in [6.07, 6.45) is 20.8. The molecule has 0 saturated carbocycles. The second kappa shape index (κ2) is 17.7. The smallest absolute Gasteiger partial charge is 0.330 e. The van der Waals surface area contributed by atoms with Crippen molar-refractivity contribution in [2.75, 3.05) is 6.61 Å². The average molecular weight is 531 g/mol. The molecule has 3 nitrogen and oxygen atoms in total. The summed E-state index contributed by atoms with van der Waals surface area (Å²) >= 11 is 0. The number of unbranched alkanes of at least 4 members (excludes halogenated alkanes) is 11. The third-order valence-corrected chi connectivity index (χ3v) is 7.74. The Labute approximate surface area is 237 Å². The summed E-state index contributed by atoms with van der Waals surface area (Å²) in [4.78, 5) is 11.0. The Morgan fingerprint density at radius 1 is 0.769 bits per heavy atom. The predicted molar refractivity (Wildman–Crippen MR) is 165 cm³/mol. The third kappa shape index (κ3) is 10.7. The minimum absolute atomic E-state index is 0.314. The van der Waals surface area contributed by atoms with Crippen LogP contribution in [0.15, 0.2) is 59.5 Å². The van der Waals surface area contributed by atoms with Crippen LogP contribution in [-0.2, 0) is 28.8 Å². The molecule has 1 aromatic heterocycles. The average Bonchev–Trinajstić information content (AvgIpc) is 3.38. The lowest BCUT2D eigenvalue weighted by molar-refractivity contribution is -0.137. The van der Waals surface area contributed by atoms with E-state index in [1.54, 1.807) is 0 Å². The number of hydrogen-bond donors (Lipinski definition) is 0. The van der Waals surface area contributed by atoms with Gasteiger partial charge in [-0.05, 0) is 67.3 Å². The monoisotopic (exact) mass is 530 g/mol. The van der Waals surface area contributed by atoms with Crippen molar-refractivity contribution in [1.82, 2.24) is 0 Å². The van der Waals surface area contributed by atoms with Gasteiger partial charge in [0.25, 0.3) is 0 Å². The molecular weight excluding hydrogens is 480 g/mol. The zero-order valence-electron chi connectivity index (χ0n) is 24.6. The van der Waals surface area contributed by atoms with Crippen LogP contribution in [0.1, 0.15) is 114 Å². The van der Waals surface area contributed by atoms with Crippen molar-refractivity contribution in [2.24, 2.45) is 0 Å². The first-order valence-electron chi connectivity index (χ1n) is 15.6. The van der Waals surface area contributed by atoms with Crippen LogP contribution in [0.2, 0.25) is 0 Å². The third-order valence-electron chi connectivity index (χ3n) is 7.74. The summed E-state index contributed by atoms with van der Waals surface area (Å²) in [5.41, 5.74) is 6.46. The molecule has 3 rings (SSSR count). The number of carbonyl (C=O) groups is 1. The minimum Gasteiger partial charge on any atom is -0.463 e. The Balaban J connectivity index is 1.35. The molecule has 212 valence electrons. The van der Waals surface area contributed by atoms with Gasteiger partial charge in [0, 0.05) is 17.0 Å². The number of rotatable bonds is 20. The summed E-state index contributed by atoms with van der Waals surface area (Å²) in [5, 5.41) is 1.20. The van der Waals surface area contributed by atoms with E-state index in [0.29, 0.717) is 6.61 Å². The van der Waals surface area contributed by atoms with Gasteiger partial charge < -0.3 is 9.15 Å². The Morgan fingerprint density at radius 3 is 2.05 bits per heavy atom. The molecule has 3 aromatic rings. The van der Waals surface area contributed by atoms with Crippen molar-refractivity contribution >= 4 is 16.9 Å². The summed E-state index contributed by atoms with van der Waals surface area (Å²) < 4.78 is 11.4. The molecule has 3 heteroatoms. The van der Waals surface area contributed by atoms with Crippen molar-refractivity contribution in [3.8, 4) is 11.3 Å². The van der Waals surface area contributed by atoms with Crippen LogP contribution in [0.4, 0.5) is 0 Å². The van der Waals surface area contributed by atoms with Crippen molar-refractivity contribution in [1.29, 1.82) is 0 Å². The molecule has 0 spiro atoms. The number of carbonyl (C=O) groups excluding carboxylic acids is 1. The fraction of sp³-hybridized carbons (Fsp3) is 0.528. The first-order chi connectivity index (χ1) is 19.1. The van der Waals surface area contributed by atoms with E-state index in [1.165, 1.54) is 111 Å². The number of esters is 1. The van der Waals surface area contributed by atoms with Crippen LogP contribution in [0.3, 0.4) is 0 Å². The normalized spacial score (nSPS) is 11.2. The van der Waals surface area contributed by atoms with Crippen LogP contribution in [0.5, 0.6) is 0 Å². The maximum absolute atomic E-state index is 11.0. The van der Waals surface area contributed by atoms with Gasteiger partial charge in [-0.25, -0.2) is 4.79 Å². The first-order valence-corrected chi connectivity index (χ1v) is 15.6. The molecule has 0 bridgehead atoms. The second-order valence-electron chi connectivity index (χ2n) is 10.9. The fourth-order valence-electron chi connectivity index (χ4n) is 5.36. The van der Waals surface area contributed by atoms with Crippen LogP contribution < -0.4 is 0 Å². The minimum atomic E-state index is -0.314. The highest BCUT2D eigenvalue weighted by molar-refractivity contribution is 5.84. The number of ether oxygens (including phenoxy) is 1. The van der Waals surface area contributed by atoms with E-state index in [1.807, 2.05) is 0 Å². The highest BCUT2D eigenvalue weighted by Crippen LogP contribution is 2.32. The number of hydrogen-bond acceptors (Lipinski definition) is 3. The molecule has 0 aliphatic heterocycles. The molecule has 0 unspecified atom stereocenters. The lowest BCUT2D eigenvalue weighted by Gasteiger charge is -2.09. The number of aryl methyl sites for hydroxylation is 3. The highest BCUT2D eigenvalue weighted by atomic mass is 16.5. The molecule has 0 aliphatic carbocycles. The van der Waals surface area contributed by atoms with E-state index in [-0.39, 0.29) is 5.97 Å². The largest absolute Gasteiger partial charge is 0.463 e. The van der Waals surface area contributed by atoms with Gasteiger partial charge in [0.2, 0.25) is 0 Å². The van der Waals surface area contributed by atoms with Gasteiger partial charge in [-0.3, -0.25) is 0 Å². The van der Waals surface area contributed by atoms with Crippen molar-refractivity contribution in [3.05, 3.63) is 71.8 Å². The first kappa shape index (κ1) is 30.7. The van der Waals surface area contributed by atoms with E-state index in [2.05, 4.69) is 62.9 Å². The summed E-state index contributed by atoms with van der Waals surface area (Å²) in [5.74, 6) is 0.681. The Bertz CT molecular complexity index is 1140. The molecule has 0 amide bonds. The molecule has 0 saturated heterocycles. The summed E-state index contributed by atoms with van der Waals surface area (Å²) in [7, 11) is 0. The van der Waals surface area contributed by atoms with Crippen molar-refractivity contribution in [3.63, 3.8) is 0 Å². The van der Waals surface area contributed by atoms with Crippen LogP contribution in [0, 0.1) is 0 Å². The van der Waals surface area contributed by atoms with Crippen LogP contribution in [-0.4, -0.2) is 12.6 Å². The van der Waals surface area contributed by atoms with Crippen LogP contribution in [0.25, 0.3) is 22.3 Å². The maximum atomic E-state index is 11.0. The SMILES string of the molecule is C=CC(=O)OCCCCCCCCCCCCc1ccc2cc(-c3ccc(CCCCC)cc3CC)oc2c1. The molecular formula is C36H50O3. The van der Waals surface area contributed by atoms with Crippen LogP contribution >= 0.6 is 0 Å². The predicted octanol–water partition coefficient (Wildman–Crippen LogP) is 10.6. The lowest BCUT2D eigenvalue weighted by Crippen LogP contribution is -2.01. The zero-order valence-corrected chi connectivity index (χ0v) is 24.6. The van der Waals surface area contributed by atoms with Gasteiger partial charge in [0.05, 0.1) is 6.61 Å². The number of furan rings is 1. The van der Waals surface area contributed by atoms with Gasteiger partial charge in [-0.15, -0.1) is 0 Å². The van der Waals surface area contributed by atoms with Gasteiger partial charge in [-0.1, -0.05) is 115 Å². The van der Waals surface area contributed by atoms with Gasteiger partial charge in [0.1, 0.15) is 11.3 Å². The summed E-state index contributed by atoms with van der Waals surface area (Å²) in [6.45, 7) is 8.43. The van der Waals surface area contributed by atoms with E-state index in [0.717, 1.165) is 37.0 Å². The Morgan fingerprint density at radius 2 is 1.38 bits per heavy atom. The molecule has 0 radical (unpaired) electrons. The van der Waals surface area contributed by atoms with Crippen molar-refractivity contribution in [2.45, 2.75) is 117 Å². The molecule has 0 fully saturated rings. The Hall–Kier alpha value is -2.81. The fourth-order valence-corrected chi connectivity index (χ4v) is 5.36. The molecule has 0 N–H and O–H groups in total. The van der Waals surface area contributed by atoms with E-state index >= 15 is 0 Å². The van der Waals surface area contributed by atoms with E-state index in [4.69, 9.17) is 9.15 Å². The molecule has 0 atom stereocenters. The quantitative estimate of drug-likeness (QED) is 0.0828. The Kier molecular flexibility index (Phi) is 14.0. The molecule has 1 heterocycles. The number of fused-ring (bicyclic) bond motifs is 1. The van der Waals surface area contributed by atoms with Crippen molar-refractivity contribution < 1.29 is 13.9 Å². The lowest BCUT2D eigenvalue weighted by atomic mass is 9.97. The zero-order chi connectivity index (χ0) is 27.7. The van der Waals surface area contributed by atoms with E-state index in [9.17, 15) is 4.79 Å². The van der Waals surface area contributed by atoms with Gasteiger partial charge in [-0.2, -0.15) is 0 Å². The van der Waals surface area contributed by atoms with Gasteiger partial charge >= 0.3 is 5.97 Å². The highest BCUT2D eigenvalue weighted by Gasteiger charge is 2.11.